The van der Waals surface area contributed by atoms with Gasteiger partial charge in [0.15, 0.2) is 5.16 Å². The number of nitrogens with zero attached hydrogens (tertiary/aromatic N) is 2. The fraction of sp³-hybridized carbons (Fsp3) is 0.348. The summed E-state index contributed by atoms with van der Waals surface area (Å²) in [4.78, 5) is 30.3. The van der Waals surface area contributed by atoms with Crippen molar-refractivity contribution >= 4 is 34.3 Å². The number of rotatable bonds is 7. The van der Waals surface area contributed by atoms with Gasteiger partial charge in [-0.2, -0.15) is 0 Å². The Labute approximate surface area is 175 Å². The monoisotopic (exact) mass is 409 g/mol. The van der Waals surface area contributed by atoms with E-state index in [0.29, 0.717) is 28.5 Å². The standard InChI is InChI=1S/C23H27N3O2S/c1-5-15(3)17-11-7-9-13-19(17)24-21(27)16(4)29-23-25-20-14-10-8-12-18(20)22(28)26(23)6-2/h7-16H,5-6H2,1-4H3,(H,24,27)/t15-,16+/m1/s1. The maximum atomic E-state index is 12.9. The quantitative estimate of drug-likeness (QED) is 0.438. The summed E-state index contributed by atoms with van der Waals surface area (Å²) in [5.41, 5.74) is 2.56. The molecule has 3 aromatic rings. The Morgan fingerprint density at radius 1 is 1.10 bits per heavy atom. The summed E-state index contributed by atoms with van der Waals surface area (Å²) in [5.74, 6) is 0.262. The Hall–Kier alpha value is -2.60. The lowest BCUT2D eigenvalue weighted by molar-refractivity contribution is -0.115. The van der Waals surface area contributed by atoms with Gasteiger partial charge in [0.05, 0.1) is 16.2 Å². The highest BCUT2D eigenvalue weighted by molar-refractivity contribution is 8.00. The molecule has 1 N–H and O–H groups in total. The molecule has 29 heavy (non-hydrogen) atoms. The SMILES string of the molecule is CC[C@@H](C)c1ccccc1NC(=O)[C@H](C)Sc1nc2ccccc2c(=O)n1CC. The van der Waals surface area contributed by atoms with E-state index in [1.165, 1.54) is 11.8 Å². The van der Waals surface area contributed by atoms with E-state index in [-0.39, 0.29) is 11.5 Å². The first kappa shape index (κ1) is 21.1. The average molecular weight is 410 g/mol. The third kappa shape index (κ3) is 4.53. The lowest BCUT2D eigenvalue weighted by Crippen LogP contribution is -2.27. The van der Waals surface area contributed by atoms with Crippen LogP contribution in [0.15, 0.2) is 58.5 Å². The number of anilines is 1. The van der Waals surface area contributed by atoms with Crippen LogP contribution in [0.2, 0.25) is 0 Å². The second-order valence-corrected chi connectivity index (χ2v) is 8.41. The molecule has 2 atom stereocenters. The predicted octanol–water partition coefficient (Wildman–Crippen LogP) is 5.05. The maximum absolute atomic E-state index is 12.9. The van der Waals surface area contributed by atoms with Crippen LogP contribution < -0.4 is 10.9 Å². The molecule has 0 aliphatic rings. The number of hydrogen-bond donors (Lipinski definition) is 1. The van der Waals surface area contributed by atoms with Crippen molar-refractivity contribution in [1.82, 2.24) is 9.55 Å². The Kier molecular flexibility index (Phi) is 6.75. The van der Waals surface area contributed by atoms with Gasteiger partial charge in [-0.1, -0.05) is 55.9 Å². The predicted molar refractivity (Wildman–Crippen MR) is 121 cm³/mol. The lowest BCUT2D eigenvalue weighted by atomic mass is 9.97. The highest BCUT2D eigenvalue weighted by Gasteiger charge is 2.20. The van der Waals surface area contributed by atoms with Crippen LogP contribution in [0.5, 0.6) is 0 Å². The third-order valence-electron chi connectivity index (χ3n) is 5.16. The largest absolute Gasteiger partial charge is 0.325 e. The zero-order valence-electron chi connectivity index (χ0n) is 17.3. The summed E-state index contributed by atoms with van der Waals surface area (Å²) in [6, 6.07) is 15.2. The molecule has 0 saturated carbocycles. The molecule has 0 bridgehead atoms. The maximum Gasteiger partial charge on any atom is 0.262 e. The van der Waals surface area contributed by atoms with Crippen molar-refractivity contribution in [2.45, 2.75) is 57.0 Å². The van der Waals surface area contributed by atoms with E-state index in [1.807, 2.05) is 50.2 Å². The number of carbonyl (C=O) groups is 1. The van der Waals surface area contributed by atoms with Gasteiger partial charge < -0.3 is 5.32 Å². The first-order chi connectivity index (χ1) is 14.0. The van der Waals surface area contributed by atoms with Crippen molar-refractivity contribution < 1.29 is 4.79 Å². The number of thioether (sulfide) groups is 1. The van der Waals surface area contributed by atoms with Gasteiger partial charge in [0.25, 0.3) is 5.56 Å². The van der Waals surface area contributed by atoms with Crippen LogP contribution in [0.3, 0.4) is 0 Å². The molecule has 1 amide bonds. The fourth-order valence-corrected chi connectivity index (χ4v) is 4.20. The molecule has 1 aromatic heterocycles. The van der Waals surface area contributed by atoms with E-state index in [2.05, 4.69) is 30.2 Å². The molecule has 6 heteroatoms. The lowest BCUT2D eigenvalue weighted by Gasteiger charge is -2.18. The van der Waals surface area contributed by atoms with Crippen molar-refractivity contribution in [2.75, 3.05) is 5.32 Å². The van der Waals surface area contributed by atoms with Crippen molar-refractivity contribution in [3.05, 3.63) is 64.4 Å². The normalized spacial score (nSPS) is 13.2. The van der Waals surface area contributed by atoms with Crippen molar-refractivity contribution in [3.63, 3.8) is 0 Å². The van der Waals surface area contributed by atoms with Crippen LogP contribution in [0.1, 0.15) is 45.6 Å². The number of fused-ring (bicyclic) bond motifs is 1. The minimum absolute atomic E-state index is 0.0738. The number of para-hydroxylation sites is 2. The first-order valence-electron chi connectivity index (χ1n) is 10.0. The van der Waals surface area contributed by atoms with Crippen LogP contribution in [0.4, 0.5) is 5.69 Å². The summed E-state index contributed by atoms with van der Waals surface area (Å²) in [5, 5.41) is 3.82. The molecule has 0 fully saturated rings. The van der Waals surface area contributed by atoms with Gasteiger partial charge in [-0.25, -0.2) is 4.98 Å². The van der Waals surface area contributed by atoms with Crippen molar-refractivity contribution in [2.24, 2.45) is 0 Å². The zero-order valence-corrected chi connectivity index (χ0v) is 18.1. The highest BCUT2D eigenvalue weighted by atomic mass is 32.2. The average Bonchev–Trinajstić information content (AvgIpc) is 2.73. The molecule has 5 nitrogen and oxygen atoms in total. The zero-order chi connectivity index (χ0) is 21.0. The number of carbonyl (C=O) groups excluding carboxylic acids is 1. The van der Waals surface area contributed by atoms with Gasteiger partial charge in [-0.3, -0.25) is 14.2 Å². The molecule has 3 rings (SSSR count). The van der Waals surface area contributed by atoms with Gasteiger partial charge in [0.1, 0.15) is 0 Å². The highest BCUT2D eigenvalue weighted by Crippen LogP contribution is 2.28. The van der Waals surface area contributed by atoms with Crippen LogP contribution >= 0.6 is 11.8 Å². The van der Waals surface area contributed by atoms with Gasteiger partial charge in [-0.05, 0) is 49.9 Å². The van der Waals surface area contributed by atoms with E-state index in [0.717, 1.165) is 17.7 Å². The minimum atomic E-state index is -0.397. The van der Waals surface area contributed by atoms with E-state index in [4.69, 9.17) is 0 Å². The number of amides is 1. The molecule has 1 heterocycles. The van der Waals surface area contributed by atoms with Crippen molar-refractivity contribution in [3.8, 4) is 0 Å². The number of benzene rings is 2. The summed E-state index contributed by atoms with van der Waals surface area (Å²) in [6.07, 6.45) is 1.00. The molecule has 0 radical (unpaired) electrons. The van der Waals surface area contributed by atoms with Gasteiger partial charge in [-0.15, -0.1) is 0 Å². The van der Waals surface area contributed by atoms with E-state index in [9.17, 15) is 9.59 Å². The molecule has 0 aliphatic carbocycles. The molecule has 0 unspecified atom stereocenters. The van der Waals surface area contributed by atoms with Crippen LogP contribution in [0, 0.1) is 0 Å². The molecular weight excluding hydrogens is 382 g/mol. The van der Waals surface area contributed by atoms with Crippen molar-refractivity contribution in [1.29, 1.82) is 0 Å². The van der Waals surface area contributed by atoms with Gasteiger partial charge >= 0.3 is 0 Å². The Bertz CT molecular complexity index is 1080. The van der Waals surface area contributed by atoms with Gasteiger partial charge in [0.2, 0.25) is 5.91 Å². The smallest absolute Gasteiger partial charge is 0.262 e. The van der Waals surface area contributed by atoms with E-state index < -0.39 is 5.25 Å². The summed E-state index contributed by atoms with van der Waals surface area (Å²) >= 11 is 1.31. The topological polar surface area (TPSA) is 64.0 Å². The molecular formula is C23H27N3O2S. The molecule has 0 saturated heterocycles. The Morgan fingerprint density at radius 2 is 1.79 bits per heavy atom. The second kappa shape index (κ2) is 9.27. The Morgan fingerprint density at radius 3 is 2.52 bits per heavy atom. The third-order valence-corrected chi connectivity index (χ3v) is 6.25. The van der Waals surface area contributed by atoms with E-state index >= 15 is 0 Å². The molecule has 0 aliphatic heterocycles. The Balaban J connectivity index is 1.85. The van der Waals surface area contributed by atoms with E-state index in [1.54, 1.807) is 10.6 Å². The second-order valence-electron chi connectivity index (χ2n) is 7.11. The van der Waals surface area contributed by atoms with Crippen LogP contribution in [-0.4, -0.2) is 20.7 Å². The minimum Gasteiger partial charge on any atom is -0.325 e. The first-order valence-corrected chi connectivity index (χ1v) is 10.9. The van der Waals surface area contributed by atoms with Gasteiger partial charge in [0, 0.05) is 12.2 Å². The van der Waals surface area contributed by atoms with Crippen LogP contribution in [0.25, 0.3) is 10.9 Å². The summed E-state index contributed by atoms with van der Waals surface area (Å²) in [6.45, 7) is 8.55. The molecule has 2 aromatic carbocycles. The molecule has 0 spiro atoms. The summed E-state index contributed by atoms with van der Waals surface area (Å²) in [7, 11) is 0. The number of nitrogens with one attached hydrogen (secondary N) is 1. The summed E-state index contributed by atoms with van der Waals surface area (Å²) < 4.78 is 1.63. The number of hydrogen-bond acceptors (Lipinski definition) is 4. The molecule has 152 valence electrons. The fourth-order valence-electron chi connectivity index (χ4n) is 3.22. The van der Waals surface area contributed by atoms with Crippen LogP contribution in [-0.2, 0) is 11.3 Å². The number of aromatic nitrogens is 2.